The summed E-state index contributed by atoms with van der Waals surface area (Å²) < 4.78 is 13.1. The topological polar surface area (TPSA) is 94.3 Å². The van der Waals surface area contributed by atoms with Crippen molar-refractivity contribution in [2.75, 3.05) is 24.5 Å². The summed E-state index contributed by atoms with van der Waals surface area (Å²) in [6, 6.07) is 13.1. The van der Waals surface area contributed by atoms with Crippen molar-refractivity contribution in [3.8, 4) is 0 Å². The molecule has 1 atom stereocenters. The highest BCUT2D eigenvalue weighted by atomic mass is 19.1. The van der Waals surface area contributed by atoms with Crippen LogP contribution < -0.4 is 15.5 Å². The average Bonchev–Trinajstić information content (AvgIpc) is 3.35. The van der Waals surface area contributed by atoms with Crippen molar-refractivity contribution in [1.82, 2.24) is 15.6 Å². The summed E-state index contributed by atoms with van der Waals surface area (Å²) in [6.07, 6.45) is 1.76. The Kier molecular flexibility index (Phi) is 5.47. The number of nitrogens with one attached hydrogen (secondary N) is 3. The zero-order chi connectivity index (χ0) is 21.1. The first-order valence-corrected chi connectivity index (χ1v) is 9.71. The summed E-state index contributed by atoms with van der Waals surface area (Å²) in [5.41, 5.74) is 2.00. The lowest BCUT2D eigenvalue weighted by Gasteiger charge is -2.16. The Morgan fingerprint density at radius 3 is 2.60 bits per heavy atom. The minimum atomic E-state index is -0.480. The van der Waals surface area contributed by atoms with Crippen molar-refractivity contribution < 1.29 is 18.8 Å². The number of benzene rings is 2. The number of H-pyrrole nitrogens is 1. The molecule has 2 aromatic carbocycles. The van der Waals surface area contributed by atoms with Gasteiger partial charge in [0.15, 0.2) is 0 Å². The van der Waals surface area contributed by atoms with Gasteiger partial charge in [-0.15, -0.1) is 0 Å². The molecule has 0 saturated carbocycles. The number of hydrogen-bond donors (Lipinski definition) is 3. The summed E-state index contributed by atoms with van der Waals surface area (Å²) in [5, 5.41) is 6.39. The van der Waals surface area contributed by atoms with E-state index in [1.165, 1.54) is 29.2 Å². The van der Waals surface area contributed by atoms with Gasteiger partial charge in [0.2, 0.25) is 11.8 Å². The number of fused-ring (bicyclic) bond motifs is 1. The van der Waals surface area contributed by atoms with Crippen molar-refractivity contribution >= 4 is 34.3 Å². The highest BCUT2D eigenvalue weighted by Gasteiger charge is 2.34. The van der Waals surface area contributed by atoms with Crippen LogP contribution in [0, 0.1) is 11.7 Å². The number of nitrogens with zero attached hydrogens (tertiary/aromatic N) is 1. The smallest absolute Gasteiger partial charge is 0.253 e. The van der Waals surface area contributed by atoms with Gasteiger partial charge in [-0.25, -0.2) is 4.39 Å². The summed E-state index contributed by atoms with van der Waals surface area (Å²) in [4.78, 5) is 41.5. The predicted octanol–water partition coefficient (Wildman–Crippen LogP) is 2.21. The number of amides is 3. The molecule has 2 heterocycles. The molecule has 7 nitrogen and oxygen atoms in total. The monoisotopic (exact) mass is 408 g/mol. The van der Waals surface area contributed by atoms with E-state index in [0.29, 0.717) is 11.3 Å². The van der Waals surface area contributed by atoms with Crippen LogP contribution in [-0.2, 0) is 9.59 Å². The Hall–Kier alpha value is -3.68. The van der Waals surface area contributed by atoms with Crippen LogP contribution in [-0.4, -0.2) is 42.3 Å². The number of halogens is 1. The minimum Gasteiger partial charge on any atom is -0.360 e. The van der Waals surface area contributed by atoms with Crippen LogP contribution in [0.4, 0.5) is 10.1 Å². The largest absolute Gasteiger partial charge is 0.360 e. The van der Waals surface area contributed by atoms with Gasteiger partial charge < -0.3 is 20.5 Å². The fraction of sp³-hybridized carbons (Fsp3) is 0.227. The molecule has 3 amide bonds. The van der Waals surface area contributed by atoms with Gasteiger partial charge in [0, 0.05) is 48.8 Å². The van der Waals surface area contributed by atoms with Crippen molar-refractivity contribution in [1.29, 1.82) is 0 Å². The third kappa shape index (κ3) is 4.03. The Labute approximate surface area is 172 Å². The molecule has 0 radical (unpaired) electrons. The molecule has 3 aromatic rings. The molecule has 154 valence electrons. The third-order valence-corrected chi connectivity index (χ3v) is 5.18. The van der Waals surface area contributed by atoms with E-state index in [4.69, 9.17) is 0 Å². The normalized spacial score (nSPS) is 16.1. The molecule has 0 bridgehead atoms. The highest BCUT2D eigenvalue weighted by molar-refractivity contribution is 6.06. The molecular weight excluding hydrogens is 387 g/mol. The molecule has 8 heteroatoms. The van der Waals surface area contributed by atoms with E-state index in [0.717, 1.165) is 10.9 Å². The van der Waals surface area contributed by atoms with E-state index in [9.17, 15) is 18.8 Å². The molecule has 1 fully saturated rings. The molecule has 1 aliphatic rings. The Morgan fingerprint density at radius 2 is 1.80 bits per heavy atom. The van der Waals surface area contributed by atoms with Gasteiger partial charge in [0.25, 0.3) is 5.91 Å². The van der Waals surface area contributed by atoms with E-state index in [1.807, 2.05) is 24.3 Å². The van der Waals surface area contributed by atoms with Crippen LogP contribution >= 0.6 is 0 Å². The summed E-state index contributed by atoms with van der Waals surface area (Å²) in [6.45, 7) is 0.776. The lowest BCUT2D eigenvalue weighted by molar-refractivity contribution is -0.126. The summed E-state index contributed by atoms with van der Waals surface area (Å²) >= 11 is 0. The zero-order valence-corrected chi connectivity index (χ0v) is 16.2. The maximum atomic E-state index is 13.1. The number of carbonyl (C=O) groups is 3. The van der Waals surface area contributed by atoms with Gasteiger partial charge in [0.1, 0.15) is 5.82 Å². The molecule has 30 heavy (non-hydrogen) atoms. The molecule has 1 aliphatic heterocycles. The van der Waals surface area contributed by atoms with Crippen LogP contribution in [0.1, 0.15) is 16.8 Å². The van der Waals surface area contributed by atoms with Gasteiger partial charge in [-0.1, -0.05) is 18.2 Å². The van der Waals surface area contributed by atoms with Crippen molar-refractivity contribution in [2.45, 2.75) is 6.42 Å². The van der Waals surface area contributed by atoms with Crippen LogP contribution in [0.3, 0.4) is 0 Å². The maximum absolute atomic E-state index is 13.1. The van der Waals surface area contributed by atoms with Gasteiger partial charge >= 0.3 is 0 Å². The van der Waals surface area contributed by atoms with Gasteiger partial charge in [-0.3, -0.25) is 14.4 Å². The van der Waals surface area contributed by atoms with Crippen molar-refractivity contribution in [2.24, 2.45) is 5.92 Å². The Balaban J connectivity index is 1.25. The number of aromatic nitrogens is 1. The number of carbonyl (C=O) groups excluding carboxylic acids is 3. The highest BCUT2D eigenvalue weighted by Crippen LogP contribution is 2.25. The summed E-state index contributed by atoms with van der Waals surface area (Å²) in [5.74, 6) is -1.50. The van der Waals surface area contributed by atoms with Crippen LogP contribution in [0.5, 0.6) is 0 Å². The molecule has 0 aliphatic carbocycles. The number of para-hydroxylation sites is 1. The molecular formula is C22H21FN4O3. The molecule has 1 aromatic heterocycles. The van der Waals surface area contributed by atoms with Crippen LogP contribution in [0.15, 0.2) is 54.7 Å². The average molecular weight is 408 g/mol. The second kappa shape index (κ2) is 8.36. The fourth-order valence-corrected chi connectivity index (χ4v) is 3.61. The van der Waals surface area contributed by atoms with Crippen molar-refractivity contribution in [3.05, 3.63) is 66.1 Å². The molecule has 0 unspecified atom stereocenters. The van der Waals surface area contributed by atoms with Gasteiger partial charge in [0.05, 0.1) is 11.5 Å². The number of rotatable bonds is 6. The van der Waals surface area contributed by atoms with Crippen LogP contribution in [0.25, 0.3) is 10.9 Å². The number of hydrogen-bond acceptors (Lipinski definition) is 3. The first kappa shape index (κ1) is 19.6. The standard InChI is InChI=1S/C22H21FN4O3/c23-15-5-7-16(8-6-15)27-13-14(11-20(27)28)21(29)24-9-10-25-22(30)18-12-26-19-4-2-1-3-17(18)19/h1-8,12,14,26H,9-11,13H2,(H,24,29)(H,25,30)/t14-/m1/s1. The minimum absolute atomic E-state index is 0.102. The Morgan fingerprint density at radius 1 is 1.07 bits per heavy atom. The van der Waals surface area contributed by atoms with Gasteiger partial charge in [-0.2, -0.15) is 0 Å². The molecule has 4 rings (SSSR count). The molecule has 0 spiro atoms. The van der Waals surface area contributed by atoms with E-state index < -0.39 is 5.92 Å². The lowest BCUT2D eigenvalue weighted by Crippen LogP contribution is -2.38. The van der Waals surface area contributed by atoms with Crippen LogP contribution in [0.2, 0.25) is 0 Å². The van der Waals surface area contributed by atoms with E-state index in [-0.39, 0.29) is 49.6 Å². The second-order valence-electron chi connectivity index (χ2n) is 7.18. The van der Waals surface area contributed by atoms with E-state index in [1.54, 1.807) is 6.20 Å². The fourth-order valence-electron chi connectivity index (χ4n) is 3.61. The lowest BCUT2D eigenvalue weighted by atomic mass is 10.1. The third-order valence-electron chi connectivity index (χ3n) is 5.18. The van der Waals surface area contributed by atoms with Gasteiger partial charge in [-0.05, 0) is 30.3 Å². The molecule has 3 N–H and O–H groups in total. The first-order chi connectivity index (χ1) is 14.5. The quantitative estimate of drug-likeness (QED) is 0.546. The maximum Gasteiger partial charge on any atom is 0.253 e. The molecule has 1 saturated heterocycles. The van der Waals surface area contributed by atoms with E-state index >= 15 is 0 Å². The number of anilines is 1. The Bertz CT molecular complexity index is 1090. The summed E-state index contributed by atoms with van der Waals surface area (Å²) in [7, 11) is 0. The zero-order valence-electron chi connectivity index (χ0n) is 16.2. The SMILES string of the molecule is O=C(NCCNC(=O)[C@@H]1CC(=O)N(c2ccc(F)cc2)C1)c1c[nH]c2ccccc12. The predicted molar refractivity (Wildman–Crippen MR) is 111 cm³/mol. The van der Waals surface area contributed by atoms with E-state index in [2.05, 4.69) is 15.6 Å². The number of aromatic amines is 1. The first-order valence-electron chi connectivity index (χ1n) is 9.71. The second-order valence-corrected chi connectivity index (χ2v) is 7.18. The van der Waals surface area contributed by atoms with Crippen molar-refractivity contribution in [3.63, 3.8) is 0 Å².